The summed E-state index contributed by atoms with van der Waals surface area (Å²) in [5, 5.41) is 0. The first-order valence-electron chi connectivity index (χ1n) is 23.9. The first-order chi connectivity index (χ1) is 34.6. The highest BCUT2D eigenvalue weighted by Crippen LogP contribution is 2.36. The Morgan fingerprint density at radius 3 is 1.06 bits per heavy atom. The van der Waals surface area contributed by atoms with Crippen molar-refractivity contribution in [1.82, 2.24) is 0 Å². The summed E-state index contributed by atoms with van der Waals surface area (Å²) < 4.78 is 52.5. The zero-order valence-electron chi connectivity index (χ0n) is 40.4. The lowest BCUT2D eigenvalue weighted by Crippen LogP contribution is -2.31. The maximum atomic E-state index is 13.4. The lowest BCUT2D eigenvalue weighted by Gasteiger charge is -2.26. The van der Waals surface area contributed by atoms with Crippen LogP contribution in [0, 0.1) is 35.5 Å². The van der Waals surface area contributed by atoms with Crippen molar-refractivity contribution < 1.29 is 95.3 Å². The molecule has 0 heterocycles. The van der Waals surface area contributed by atoms with Gasteiger partial charge in [0.15, 0.2) is 0 Å². The third-order valence-corrected chi connectivity index (χ3v) is 12.7. The second-order valence-corrected chi connectivity index (χ2v) is 17.4. The van der Waals surface area contributed by atoms with Crippen molar-refractivity contribution in [3.05, 3.63) is 72.8 Å². The van der Waals surface area contributed by atoms with Crippen LogP contribution < -0.4 is 18.9 Å². The van der Waals surface area contributed by atoms with Crippen LogP contribution in [-0.4, -0.2) is 100 Å². The van der Waals surface area contributed by atoms with Crippen molar-refractivity contribution >= 4 is 59.7 Å². The molecule has 3 fully saturated rings. The van der Waals surface area contributed by atoms with Crippen molar-refractivity contribution in [3.8, 4) is 23.0 Å². The lowest BCUT2D eigenvalue weighted by atomic mass is 9.82. The van der Waals surface area contributed by atoms with Gasteiger partial charge in [0.2, 0.25) is 0 Å². The number of hydrogen-bond donors (Lipinski definition) is 0. The Morgan fingerprint density at radius 1 is 0.417 bits per heavy atom. The van der Waals surface area contributed by atoms with E-state index in [-0.39, 0.29) is 98.1 Å². The number of carbonyl (C=O) groups excluding carboxylic acids is 10. The number of hydrogen-bond acceptors (Lipinski definition) is 20. The molecular formula is C52H60O20. The minimum atomic E-state index is -0.853. The topological polar surface area (TPSA) is 263 Å². The predicted molar refractivity (Wildman–Crippen MR) is 248 cm³/mol. The first-order valence-corrected chi connectivity index (χ1v) is 23.9. The van der Waals surface area contributed by atoms with Gasteiger partial charge < -0.3 is 47.4 Å². The molecule has 3 saturated carbocycles. The molecule has 0 bridgehead atoms. The van der Waals surface area contributed by atoms with E-state index in [4.69, 9.17) is 47.4 Å². The zero-order valence-corrected chi connectivity index (χ0v) is 40.4. The largest absolute Gasteiger partial charge is 0.465 e. The zero-order chi connectivity index (χ0) is 52.2. The normalized spacial score (nSPS) is 20.4. The van der Waals surface area contributed by atoms with Crippen LogP contribution in [-0.2, 0) is 66.8 Å². The van der Waals surface area contributed by atoms with E-state index in [1.165, 1.54) is 36.4 Å². The van der Waals surface area contributed by atoms with Gasteiger partial charge in [-0.2, -0.15) is 0 Å². The number of ether oxygens (including phenoxy) is 10. The molecule has 2 aromatic rings. The van der Waals surface area contributed by atoms with Crippen molar-refractivity contribution in [2.24, 2.45) is 35.5 Å². The van der Waals surface area contributed by atoms with E-state index < -0.39 is 83.3 Å². The minimum absolute atomic E-state index is 0.00752. The molecule has 388 valence electrons. The van der Waals surface area contributed by atoms with Gasteiger partial charge in [-0.05, 0) is 126 Å². The highest BCUT2D eigenvalue weighted by molar-refractivity contribution is 5.95. The Bertz CT molecular complexity index is 2330. The van der Waals surface area contributed by atoms with E-state index in [2.05, 4.69) is 13.2 Å². The fourth-order valence-electron chi connectivity index (χ4n) is 8.53. The van der Waals surface area contributed by atoms with E-state index in [1.54, 1.807) is 0 Å². The first kappa shape index (κ1) is 55.5. The molecule has 2 aromatic carbocycles. The third kappa shape index (κ3) is 16.3. The third-order valence-electron chi connectivity index (χ3n) is 12.7. The van der Waals surface area contributed by atoms with Crippen LogP contribution in [0.4, 0.5) is 0 Å². The van der Waals surface area contributed by atoms with Crippen LogP contribution in [0.15, 0.2) is 61.7 Å². The van der Waals surface area contributed by atoms with Gasteiger partial charge in [0.25, 0.3) is 0 Å². The van der Waals surface area contributed by atoms with Gasteiger partial charge >= 0.3 is 59.7 Å². The van der Waals surface area contributed by atoms with E-state index in [9.17, 15) is 47.9 Å². The average molecular weight is 1010 g/mol. The smallest absolute Gasteiger partial charge is 0.341 e. The number of carbonyl (C=O) groups is 10. The molecule has 0 spiro atoms. The summed E-state index contributed by atoms with van der Waals surface area (Å²) in [6, 6.07) is 7.86. The number of benzene rings is 2. The van der Waals surface area contributed by atoms with Gasteiger partial charge in [0.05, 0.1) is 62.9 Å². The molecule has 20 heteroatoms. The van der Waals surface area contributed by atoms with Gasteiger partial charge in [0, 0.05) is 12.2 Å². The fourth-order valence-corrected chi connectivity index (χ4v) is 8.53. The summed E-state index contributed by atoms with van der Waals surface area (Å²) in [7, 11) is 2.28. The Kier molecular flexibility index (Phi) is 21.5. The van der Waals surface area contributed by atoms with Crippen LogP contribution in [0.5, 0.6) is 23.0 Å². The summed E-state index contributed by atoms with van der Waals surface area (Å²) >= 11 is 0. The van der Waals surface area contributed by atoms with Crippen molar-refractivity contribution in [2.75, 3.05) is 40.6 Å². The van der Waals surface area contributed by atoms with Crippen LogP contribution >= 0.6 is 0 Å². The molecule has 0 atom stereocenters. The van der Waals surface area contributed by atoms with Crippen LogP contribution in [0.25, 0.3) is 0 Å². The molecule has 3 aliphatic rings. The summed E-state index contributed by atoms with van der Waals surface area (Å²) in [5.41, 5.74) is -0.328. The van der Waals surface area contributed by atoms with Gasteiger partial charge in [0.1, 0.15) is 47.3 Å². The van der Waals surface area contributed by atoms with E-state index in [0.29, 0.717) is 64.2 Å². The molecule has 20 nitrogen and oxygen atoms in total. The molecule has 0 N–H and O–H groups in total. The minimum Gasteiger partial charge on any atom is -0.465 e. The number of methoxy groups -OCH3 is 2. The van der Waals surface area contributed by atoms with Gasteiger partial charge in [-0.3, -0.25) is 28.8 Å². The van der Waals surface area contributed by atoms with Crippen LogP contribution in [0.3, 0.4) is 0 Å². The van der Waals surface area contributed by atoms with Crippen molar-refractivity contribution in [2.45, 2.75) is 89.9 Å². The van der Waals surface area contributed by atoms with Crippen LogP contribution in [0.2, 0.25) is 0 Å². The van der Waals surface area contributed by atoms with E-state index in [0.717, 1.165) is 26.4 Å². The second-order valence-electron chi connectivity index (χ2n) is 17.4. The highest BCUT2D eigenvalue weighted by atomic mass is 16.6. The maximum absolute atomic E-state index is 13.4. The van der Waals surface area contributed by atoms with Gasteiger partial charge in [-0.25, -0.2) is 19.2 Å². The number of esters is 10. The standard InChI is InChI=1S/C52H60O20/c1-5-43(53)65-25-7-8-26-67-45(55)31-9-13-33(14-10-31)47(57)69-37-21-23-41(39(29-37)51(61)63-3)71-49(59)35-17-19-36(20-18-35)50(60)72-42-24-22-38(30-40(42)52(62)64-4)70-48(58)34-15-11-32(12-16-34)46(56)68-28-27-66-44(54)6-2/h5-6,21-24,29-36H,1-2,7-20,25-28H2,3-4H3. The Labute approximate surface area is 415 Å². The number of rotatable bonds is 22. The summed E-state index contributed by atoms with van der Waals surface area (Å²) in [6.45, 7) is 6.78. The average Bonchev–Trinajstić information content (AvgIpc) is 3.40. The summed E-state index contributed by atoms with van der Waals surface area (Å²) in [4.78, 5) is 126. The Morgan fingerprint density at radius 2 is 0.708 bits per heavy atom. The molecule has 0 saturated heterocycles. The molecule has 72 heavy (non-hydrogen) atoms. The van der Waals surface area contributed by atoms with Gasteiger partial charge in [-0.1, -0.05) is 13.2 Å². The second kappa shape index (κ2) is 27.9. The Balaban J connectivity index is 1.06. The molecule has 0 aromatic heterocycles. The predicted octanol–water partition coefficient (Wildman–Crippen LogP) is 6.33. The monoisotopic (exact) mass is 1000 g/mol. The quantitative estimate of drug-likeness (QED) is 0.0410. The van der Waals surface area contributed by atoms with E-state index in [1.807, 2.05) is 0 Å². The lowest BCUT2D eigenvalue weighted by molar-refractivity contribution is -0.155. The van der Waals surface area contributed by atoms with E-state index >= 15 is 0 Å². The molecule has 0 unspecified atom stereocenters. The molecule has 5 rings (SSSR count). The fraction of sp³-hybridized carbons (Fsp3) is 0.500. The molecule has 0 radical (unpaired) electrons. The Hall–Kier alpha value is -7.38. The molecule has 3 aliphatic carbocycles. The van der Waals surface area contributed by atoms with Crippen molar-refractivity contribution in [1.29, 1.82) is 0 Å². The van der Waals surface area contributed by atoms with Gasteiger partial charge in [-0.15, -0.1) is 0 Å². The molecule has 0 aliphatic heterocycles. The molecular weight excluding hydrogens is 945 g/mol. The number of unbranched alkanes of at least 4 members (excludes halogenated alkanes) is 1. The molecule has 0 amide bonds. The highest BCUT2D eigenvalue weighted by Gasteiger charge is 2.36. The van der Waals surface area contributed by atoms with Crippen LogP contribution in [0.1, 0.15) is 111 Å². The SMILES string of the molecule is C=CC(=O)OCCCCOC(=O)C1CCC(C(=O)Oc2ccc(OC(=O)C3CCC(C(=O)Oc4ccc(OC(=O)C5CCC(C(=O)OCCOC(=O)C=C)CC5)cc4C(=O)OC)CC3)c(C(=O)OC)c2)CC1. The summed E-state index contributed by atoms with van der Waals surface area (Å²) in [6.07, 6.45) is 7.07. The van der Waals surface area contributed by atoms with Crippen molar-refractivity contribution in [3.63, 3.8) is 0 Å². The maximum Gasteiger partial charge on any atom is 0.341 e. The summed E-state index contributed by atoms with van der Waals surface area (Å²) in [5.74, 6) is -9.45.